The third kappa shape index (κ3) is 4.79. The van der Waals surface area contributed by atoms with E-state index in [1.54, 1.807) is 4.90 Å². The number of halogens is 1. The zero-order valence-corrected chi connectivity index (χ0v) is 11.2. The topological polar surface area (TPSA) is 83.7 Å². The molecule has 1 fully saturated rings. The van der Waals surface area contributed by atoms with Crippen LogP contribution in [0.2, 0.25) is 0 Å². The van der Waals surface area contributed by atoms with Crippen LogP contribution in [0.15, 0.2) is 0 Å². The number of alkyl halides is 1. The van der Waals surface area contributed by atoms with Crippen LogP contribution in [0.4, 0.5) is 0 Å². The fourth-order valence-electron chi connectivity index (χ4n) is 1.72. The molecule has 1 saturated heterocycles. The summed E-state index contributed by atoms with van der Waals surface area (Å²) in [6, 6.07) is 0. The Balaban J connectivity index is 2.34. The first-order valence-corrected chi connectivity index (χ1v) is 7.60. The zero-order valence-electron chi connectivity index (χ0n) is 9.64. The molecule has 0 aromatic rings. The summed E-state index contributed by atoms with van der Waals surface area (Å²) in [6.07, 6.45) is 2.07. The number of carbonyl (C=O) groups excluding carboxylic acids is 1. The summed E-state index contributed by atoms with van der Waals surface area (Å²) in [5, 5.41) is 5.01. The standard InChI is InChI=1S/C9H18ClN3O3S/c10-4-2-1-3-9(14)12-5-7-13(8-6-12)17(11,15)16/h1-8H2,(H2,11,15,16). The predicted molar refractivity (Wildman–Crippen MR) is 65.8 cm³/mol. The Kier molecular flexibility index (Phi) is 5.64. The van der Waals surface area contributed by atoms with Crippen molar-refractivity contribution in [3.8, 4) is 0 Å². The van der Waals surface area contributed by atoms with Crippen LogP contribution in [0.5, 0.6) is 0 Å². The lowest BCUT2D eigenvalue weighted by molar-refractivity contribution is -0.132. The third-order valence-corrected chi connectivity index (χ3v) is 4.08. The first-order chi connectivity index (χ1) is 7.95. The molecule has 1 rings (SSSR count). The van der Waals surface area contributed by atoms with E-state index in [1.165, 1.54) is 4.31 Å². The van der Waals surface area contributed by atoms with Gasteiger partial charge >= 0.3 is 0 Å². The second kappa shape index (κ2) is 6.53. The van der Waals surface area contributed by atoms with Gasteiger partial charge in [-0.15, -0.1) is 11.6 Å². The number of hydrogen-bond acceptors (Lipinski definition) is 3. The highest BCUT2D eigenvalue weighted by Gasteiger charge is 2.25. The summed E-state index contributed by atoms with van der Waals surface area (Å²) in [4.78, 5) is 13.4. The molecule has 6 nitrogen and oxygen atoms in total. The number of nitrogens with zero attached hydrogens (tertiary/aromatic N) is 2. The van der Waals surface area contributed by atoms with Gasteiger partial charge in [0.2, 0.25) is 5.91 Å². The molecule has 8 heteroatoms. The van der Waals surface area contributed by atoms with E-state index in [9.17, 15) is 13.2 Å². The Morgan fingerprint density at radius 1 is 1.18 bits per heavy atom. The third-order valence-electron chi connectivity index (χ3n) is 2.73. The molecule has 0 aliphatic carbocycles. The summed E-state index contributed by atoms with van der Waals surface area (Å²) < 4.78 is 23.3. The molecule has 0 aromatic carbocycles. The maximum Gasteiger partial charge on any atom is 0.277 e. The maximum atomic E-state index is 11.7. The van der Waals surface area contributed by atoms with E-state index in [2.05, 4.69) is 0 Å². The molecule has 1 heterocycles. The molecule has 0 radical (unpaired) electrons. The fraction of sp³-hybridized carbons (Fsp3) is 0.889. The summed E-state index contributed by atoms with van der Waals surface area (Å²) in [5.41, 5.74) is 0. The molecule has 2 N–H and O–H groups in total. The zero-order chi connectivity index (χ0) is 12.9. The quantitative estimate of drug-likeness (QED) is 0.557. The van der Waals surface area contributed by atoms with Crippen molar-refractivity contribution in [3.63, 3.8) is 0 Å². The number of nitrogens with two attached hydrogens (primary N) is 1. The monoisotopic (exact) mass is 283 g/mol. The van der Waals surface area contributed by atoms with E-state index in [4.69, 9.17) is 16.7 Å². The molecule has 100 valence electrons. The number of carbonyl (C=O) groups is 1. The van der Waals surface area contributed by atoms with Gasteiger partial charge in [-0.2, -0.15) is 12.7 Å². The summed E-state index contributed by atoms with van der Waals surface area (Å²) in [5.74, 6) is 0.621. The molecular weight excluding hydrogens is 266 g/mol. The molecule has 0 aromatic heterocycles. The van der Waals surface area contributed by atoms with Gasteiger partial charge in [0.05, 0.1) is 0 Å². The van der Waals surface area contributed by atoms with E-state index in [1.807, 2.05) is 0 Å². The van der Waals surface area contributed by atoms with Crippen molar-refractivity contribution in [3.05, 3.63) is 0 Å². The van der Waals surface area contributed by atoms with Gasteiger partial charge in [-0.05, 0) is 12.8 Å². The Bertz CT molecular complexity index is 352. The van der Waals surface area contributed by atoms with Crippen molar-refractivity contribution in [2.75, 3.05) is 32.1 Å². The van der Waals surface area contributed by atoms with Crippen LogP contribution in [0.25, 0.3) is 0 Å². The summed E-state index contributed by atoms with van der Waals surface area (Å²) in [6.45, 7) is 1.38. The van der Waals surface area contributed by atoms with Gasteiger partial charge < -0.3 is 4.90 Å². The van der Waals surface area contributed by atoms with Crippen LogP contribution in [-0.2, 0) is 15.0 Å². The average molecular weight is 284 g/mol. The molecule has 17 heavy (non-hydrogen) atoms. The molecule has 1 aliphatic rings. The van der Waals surface area contributed by atoms with Crippen molar-refractivity contribution in [2.24, 2.45) is 5.14 Å². The van der Waals surface area contributed by atoms with Crippen LogP contribution in [-0.4, -0.2) is 55.6 Å². The molecule has 0 unspecified atom stereocenters. The number of amides is 1. The fourth-order valence-corrected chi connectivity index (χ4v) is 2.58. The molecule has 0 spiro atoms. The second-order valence-electron chi connectivity index (χ2n) is 3.97. The minimum Gasteiger partial charge on any atom is -0.340 e. The number of hydrogen-bond donors (Lipinski definition) is 1. The van der Waals surface area contributed by atoms with E-state index in [-0.39, 0.29) is 19.0 Å². The van der Waals surface area contributed by atoms with Crippen LogP contribution in [0.1, 0.15) is 19.3 Å². The van der Waals surface area contributed by atoms with Crippen molar-refractivity contribution < 1.29 is 13.2 Å². The SMILES string of the molecule is NS(=O)(=O)N1CCN(C(=O)CCCCCl)CC1. The normalized spacial score (nSPS) is 18.4. The van der Waals surface area contributed by atoms with E-state index >= 15 is 0 Å². The molecule has 0 saturated carbocycles. The molecule has 1 amide bonds. The highest BCUT2D eigenvalue weighted by molar-refractivity contribution is 7.86. The highest BCUT2D eigenvalue weighted by atomic mass is 35.5. The Morgan fingerprint density at radius 3 is 2.24 bits per heavy atom. The van der Waals surface area contributed by atoms with Crippen LogP contribution in [0, 0.1) is 0 Å². The summed E-state index contributed by atoms with van der Waals surface area (Å²) in [7, 11) is -3.62. The Labute approximate surface area is 107 Å². The smallest absolute Gasteiger partial charge is 0.277 e. The lowest BCUT2D eigenvalue weighted by Crippen LogP contribution is -2.52. The van der Waals surface area contributed by atoms with Crippen molar-refractivity contribution in [1.82, 2.24) is 9.21 Å². The minimum absolute atomic E-state index is 0.0594. The lowest BCUT2D eigenvalue weighted by Gasteiger charge is -2.33. The van der Waals surface area contributed by atoms with Gasteiger partial charge in [0, 0.05) is 38.5 Å². The second-order valence-corrected chi connectivity index (χ2v) is 5.90. The summed E-state index contributed by atoms with van der Waals surface area (Å²) >= 11 is 5.53. The first kappa shape index (κ1) is 14.7. The molecule has 0 atom stereocenters. The minimum atomic E-state index is -3.62. The number of piperazine rings is 1. The van der Waals surface area contributed by atoms with Gasteiger partial charge in [0.25, 0.3) is 10.2 Å². The van der Waals surface area contributed by atoms with E-state index in [0.717, 1.165) is 12.8 Å². The number of rotatable bonds is 5. The van der Waals surface area contributed by atoms with Gasteiger partial charge in [0.1, 0.15) is 0 Å². The predicted octanol–water partition coefficient (Wildman–Crippen LogP) is -0.257. The van der Waals surface area contributed by atoms with Crippen LogP contribution >= 0.6 is 11.6 Å². The van der Waals surface area contributed by atoms with E-state index < -0.39 is 10.2 Å². The van der Waals surface area contributed by atoms with Crippen molar-refractivity contribution in [1.29, 1.82) is 0 Å². The van der Waals surface area contributed by atoms with E-state index in [0.29, 0.717) is 25.4 Å². The van der Waals surface area contributed by atoms with Gasteiger partial charge in [-0.1, -0.05) is 0 Å². The Morgan fingerprint density at radius 2 is 1.76 bits per heavy atom. The largest absolute Gasteiger partial charge is 0.340 e. The van der Waals surface area contributed by atoms with Crippen LogP contribution in [0.3, 0.4) is 0 Å². The van der Waals surface area contributed by atoms with Crippen molar-refractivity contribution in [2.45, 2.75) is 19.3 Å². The van der Waals surface area contributed by atoms with Gasteiger partial charge in [-0.3, -0.25) is 4.79 Å². The van der Waals surface area contributed by atoms with Gasteiger partial charge in [-0.25, -0.2) is 5.14 Å². The molecule has 0 bridgehead atoms. The highest BCUT2D eigenvalue weighted by Crippen LogP contribution is 2.08. The molecule has 1 aliphatic heterocycles. The van der Waals surface area contributed by atoms with Gasteiger partial charge in [0.15, 0.2) is 0 Å². The van der Waals surface area contributed by atoms with Crippen LogP contribution < -0.4 is 5.14 Å². The average Bonchev–Trinajstić information content (AvgIpc) is 2.28. The van der Waals surface area contributed by atoms with Crippen molar-refractivity contribution >= 4 is 27.7 Å². The Hall–Kier alpha value is -0.370. The first-order valence-electron chi connectivity index (χ1n) is 5.57. The maximum absolute atomic E-state index is 11.7. The lowest BCUT2D eigenvalue weighted by atomic mass is 10.2. The molecular formula is C9H18ClN3O3S. The number of unbranched alkanes of at least 4 members (excludes halogenated alkanes) is 1.